The highest BCUT2D eigenvalue weighted by molar-refractivity contribution is 5.96. The van der Waals surface area contributed by atoms with E-state index in [1.165, 1.54) is 0 Å². The van der Waals surface area contributed by atoms with E-state index >= 15 is 0 Å². The van der Waals surface area contributed by atoms with Crippen LogP contribution in [0.5, 0.6) is 0 Å². The van der Waals surface area contributed by atoms with Crippen LogP contribution in [0.1, 0.15) is 26.5 Å². The summed E-state index contributed by atoms with van der Waals surface area (Å²) >= 11 is 0. The van der Waals surface area contributed by atoms with Gasteiger partial charge in [0.25, 0.3) is 11.8 Å². The van der Waals surface area contributed by atoms with Gasteiger partial charge in [0.15, 0.2) is 0 Å². The number of carbonyl (C=O) groups is 3. The van der Waals surface area contributed by atoms with Gasteiger partial charge in [0.05, 0.1) is 0 Å². The normalized spacial score (nSPS) is 14.0. The monoisotopic (exact) mass is 352 g/mol. The van der Waals surface area contributed by atoms with Crippen molar-refractivity contribution >= 4 is 18.2 Å². The maximum absolute atomic E-state index is 12.6. The molecule has 1 N–H and O–H groups in total. The molecule has 7 nitrogen and oxygen atoms in total. The summed E-state index contributed by atoms with van der Waals surface area (Å²) in [5, 5.41) is 2.80. The number of aromatic nitrogens is 1. The third kappa shape index (κ3) is 4.24. The predicted octanol–water partition coefficient (Wildman–Crippen LogP) is 0.926. The van der Waals surface area contributed by atoms with Crippen LogP contribution >= 0.6 is 0 Å². The summed E-state index contributed by atoms with van der Waals surface area (Å²) < 4.78 is 0. The van der Waals surface area contributed by atoms with Gasteiger partial charge in [-0.1, -0.05) is 36.4 Å². The lowest BCUT2D eigenvalue weighted by Crippen LogP contribution is -2.48. The van der Waals surface area contributed by atoms with Gasteiger partial charge in [0.1, 0.15) is 11.4 Å². The fraction of sp³-hybridized carbons (Fsp3) is 0.263. The molecule has 0 bridgehead atoms. The summed E-state index contributed by atoms with van der Waals surface area (Å²) in [5.41, 5.74) is 1.43. The molecule has 1 aromatic heterocycles. The molecule has 1 saturated heterocycles. The molecule has 2 aromatic rings. The molecular formula is C19H20N4O3. The summed E-state index contributed by atoms with van der Waals surface area (Å²) in [7, 11) is 0. The average molecular weight is 352 g/mol. The Kier molecular flexibility index (Phi) is 5.58. The van der Waals surface area contributed by atoms with Crippen molar-refractivity contribution in [2.75, 3.05) is 26.2 Å². The zero-order valence-corrected chi connectivity index (χ0v) is 14.3. The first-order valence-electron chi connectivity index (χ1n) is 8.45. The molecule has 0 atom stereocenters. The Balaban J connectivity index is 1.63. The summed E-state index contributed by atoms with van der Waals surface area (Å²) in [6.45, 7) is 2.33. The van der Waals surface area contributed by atoms with E-state index < -0.39 is 0 Å². The van der Waals surface area contributed by atoms with Crippen LogP contribution < -0.4 is 5.32 Å². The molecule has 0 unspecified atom stereocenters. The first-order chi connectivity index (χ1) is 12.7. The molecule has 3 amide bonds. The summed E-state index contributed by atoms with van der Waals surface area (Å²) in [5.74, 6) is -0.553. The zero-order chi connectivity index (χ0) is 18.4. The third-order valence-electron chi connectivity index (χ3n) is 4.25. The minimum atomic E-state index is -0.325. The van der Waals surface area contributed by atoms with E-state index in [0.717, 1.165) is 12.0 Å². The molecule has 0 spiro atoms. The van der Waals surface area contributed by atoms with Gasteiger partial charge in [-0.05, 0) is 17.7 Å². The number of benzene rings is 1. The van der Waals surface area contributed by atoms with Crippen LogP contribution in [0.4, 0.5) is 0 Å². The molecule has 1 aliphatic rings. The van der Waals surface area contributed by atoms with E-state index in [9.17, 15) is 14.4 Å². The number of nitrogens with zero attached hydrogens (tertiary/aromatic N) is 3. The van der Waals surface area contributed by atoms with Gasteiger partial charge < -0.3 is 15.1 Å². The summed E-state index contributed by atoms with van der Waals surface area (Å²) in [6.07, 6.45) is 0.789. The zero-order valence-electron chi connectivity index (χ0n) is 14.3. The number of hydrogen-bond acceptors (Lipinski definition) is 4. The highest BCUT2D eigenvalue weighted by atomic mass is 16.2. The summed E-state index contributed by atoms with van der Waals surface area (Å²) in [6, 6.07) is 14.4. The second-order valence-corrected chi connectivity index (χ2v) is 6.01. The molecule has 7 heteroatoms. The van der Waals surface area contributed by atoms with E-state index in [4.69, 9.17) is 0 Å². The van der Waals surface area contributed by atoms with E-state index in [1.54, 1.807) is 28.0 Å². The van der Waals surface area contributed by atoms with Crippen LogP contribution in [0.3, 0.4) is 0 Å². The molecular weight excluding hydrogens is 332 g/mol. The summed E-state index contributed by atoms with van der Waals surface area (Å²) in [4.78, 5) is 43.1. The van der Waals surface area contributed by atoms with Crippen molar-refractivity contribution in [2.45, 2.75) is 6.54 Å². The first kappa shape index (κ1) is 17.6. The molecule has 0 saturated carbocycles. The SMILES string of the molecule is O=CN1CCN(C(=O)c2cccc(C(=O)NCc3ccccc3)n2)CC1. The Morgan fingerprint density at radius 3 is 2.35 bits per heavy atom. The minimum absolute atomic E-state index is 0.207. The molecule has 3 rings (SSSR count). The van der Waals surface area contributed by atoms with Gasteiger partial charge in [0.2, 0.25) is 6.41 Å². The smallest absolute Gasteiger partial charge is 0.272 e. The molecule has 26 heavy (non-hydrogen) atoms. The lowest BCUT2D eigenvalue weighted by Gasteiger charge is -2.32. The van der Waals surface area contributed by atoms with Gasteiger partial charge >= 0.3 is 0 Å². The highest BCUT2D eigenvalue weighted by Crippen LogP contribution is 2.08. The maximum Gasteiger partial charge on any atom is 0.272 e. The number of carbonyl (C=O) groups excluding carboxylic acids is 3. The lowest BCUT2D eigenvalue weighted by atomic mass is 10.2. The van der Waals surface area contributed by atoms with Crippen molar-refractivity contribution in [1.82, 2.24) is 20.1 Å². The standard InChI is InChI=1S/C19H20N4O3/c24-14-22-9-11-23(12-10-22)19(26)17-8-4-7-16(21-17)18(25)20-13-15-5-2-1-3-6-15/h1-8,14H,9-13H2,(H,20,25). The van der Waals surface area contributed by atoms with Crippen LogP contribution in [0.15, 0.2) is 48.5 Å². The number of hydrogen-bond donors (Lipinski definition) is 1. The average Bonchev–Trinajstić information content (AvgIpc) is 2.72. The van der Waals surface area contributed by atoms with Crippen LogP contribution in [-0.2, 0) is 11.3 Å². The Labute approximate surface area is 151 Å². The van der Waals surface area contributed by atoms with Crippen molar-refractivity contribution in [2.24, 2.45) is 0 Å². The molecule has 134 valence electrons. The van der Waals surface area contributed by atoms with Crippen molar-refractivity contribution in [1.29, 1.82) is 0 Å². The van der Waals surface area contributed by atoms with Crippen molar-refractivity contribution in [3.63, 3.8) is 0 Å². The first-order valence-corrected chi connectivity index (χ1v) is 8.45. The topological polar surface area (TPSA) is 82.6 Å². The molecule has 0 aliphatic carbocycles. The van der Waals surface area contributed by atoms with Gasteiger partial charge in [-0.2, -0.15) is 0 Å². The Hall–Kier alpha value is -3.22. The van der Waals surface area contributed by atoms with E-state index in [-0.39, 0.29) is 23.2 Å². The van der Waals surface area contributed by atoms with Gasteiger partial charge in [-0.15, -0.1) is 0 Å². The van der Waals surface area contributed by atoms with Crippen LogP contribution in [-0.4, -0.2) is 59.2 Å². The number of amides is 3. The molecule has 1 fully saturated rings. The predicted molar refractivity (Wildman–Crippen MR) is 95.4 cm³/mol. The quantitative estimate of drug-likeness (QED) is 0.812. The fourth-order valence-electron chi connectivity index (χ4n) is 2.74. The van der Waals surface area contributed by atoms with Crippen LogP contribution in [0, 0.1) is 0 Å². The number of rotatable bonds is 5. The Bertz CT molecular complexity index is 786. The molecule has 2 heterocycles. The lowest BCUT2D eigenvalue weighted by molar-refractivity contribution is -0.119. The maximum atomic E-state index is 12.6. The molecule has 0 radical (unpaired) electrons. The Morgan fingerprint density at radius 2 is 1.65 bits per heavy atom. The molecule has 1 aliphatic heterocycles. The fourth-order valence-corrected chi connectivity index (χ4v) is 2.74. The van der Waals surface area contributed by atoms with Gasteiger partial charge in [0, 0.05) is 32.7 Å². The second-order valence-electron chi connectivity index (χ2n) is 6.01. The van der Waals surface area contributed by atoms with Crippen molar-refractivity contribution in [3.8, 4) is 0 Å². The van der Waals surface area contributed by atoms with E-state index in [2.05, 4.69) is 10.3 Å². The second kappa shape index (κ2) is 8.24. The van der Waals surface area contributed by atoms with Crippen LogP contribution in [0.2, 0.25) is 0 Å². The number of pyridine rings is 1. The van der Waals surface area contributed by atoms with Crippen molar-refractivity contribution < 1.29 is 14.4 Å². The minimum Gasteiger partial charge on any atom is -0.347 e. The van der Waals surface area contributed by atoms with Crippen molar-refractivity contribution in [3.05, 3.63) is 65.5 Å². The van der Waals surface area contributed by atoms with Gasteiger partial charge in [-0.3, -0.25) is 14.4 Å². The van der Waals surface area contributed by atoms with E-state index in [0.29, 0.717) is 32.7 Å². The highest BCUT2D eigenvalue weighted by Gasteiger charge is 2.22. The number of nitrogens with one attached hydrogen (secondary N) is 1. The largest absolute Gasteiger partial charge is 0.347 e. The molecule has 1 aromatic carbocycles. The van der Waals surface area contributed by atoms with E-state index in [1.807, 2.05) is 30.3 Å². The number of piperazine rings is 1. The Morgan fingerprint density at radius 1 is 0.962 bits per heavy atom. The van der Waals surface area contributed by atoms with Crippen LogP contribution in [0.25, 0.3) is 0 Å². The third-order valence-corrected chi connectivity index (χ3v) is 4.25. The van der Waals surface area contributed by atoms with Gasteiger partial charge in [-0.25, -0.2) is 4.98 Å².